The van der Waals surface area contributed by atoms with Gasteiger partial charge in [0.2, 0.25) is 0 Å². The SMILES string of the molecule is CCn1c2ccc(/C(=N/OC(C)=O)c3ccccc3C)cc2c2cc(C(=O)c3c(C)cc(C)cc3C)c3ccccc3c21. The molecule has 5 aromatic carbocycles. The third-order valence-electron chi connectivity index (χ3n) is 8.27. The molecule has 0 spiro atoms. The van der Waals surface area contributed by atoms with Crippen LogP contribution in [-0.2, 0) is 16.2 Å². The Balaban J connectivity index is 1.67. The quantitative estimate of drug-likeness (QED) is 0.0876. The standard InChI is InChI=1S/C38H34N2O3/c1-7-40-34-17-16-27(36(39-43-26(6)41)28-13-9-8-12-23(28)3)20-31(34)32-21-33(29-14-10-11-15-30(29)37(32)40)38(42)35-24(4)18-22(2)19-25(35)5/h8-21H,7H2,1-6H3/b39-36-. The second kappa shape index (κ2) is 11.0. The average Bonchev–Trinajstić information content (AvgIpc) is 3.30. The molecular weight excluding hydrogens is 532 g/mol. The van der Waals surface area contributed by atoms with E-state index in [1.165, 1.54) is 6.92 Å². The van der Waals surface area contributed by atoms with Crippen molar-refractivity contribution < 1.29 is 14.4 Å². The van der Waals surface area contributed by atoms with E-state index in [0.717, 1.165) is 78.1 Å². The first kappa shape index (κ1) is 28.1. The lowest BCUT2D eigenvalue weighted by Crippen LogP contribution is -2.08. The van der Waals surface area contributed by atoms with Crippen LogP contribution in [0.1, 0.15) is 63.1 Å². The maximum atomic E-state index is 14.3. The van der Waals surface area contributed by atoms with Crippen molar-refractivity contribution in [1.82, 2.24) is 4.57 Å². The summed E-state index contributed by atoms with van der Waals surface area (Å²) >= 11 is 0. The minimum atomic E-state index is -0.480. The Kier molecular flexibility index (Phi) is 7.18. The van der Waals surface area contributed by atoms with Gasteiger partial charge in [0.25, 0.3) is 0 Å². The number of carbonyl (C=O) groups is 2. The van der Waals surface area contributed by atoms with E-state index >= 15 is 0 Å². The fraction of sp³-hybridized carbons (Fsp3) is 0.184. The fourth-order valence-corrected chi connectivity index (χ4v) is 6.51. The molecule has 0 unspecified atom stereocenters. The van der Waals surface area contributed by atoms with Crippen LogP contribution in [0.4, 0.5) is 0 Å². The molecule has 214 valence electrons. The number of aryl methyl sites for hydroxylation is 5. The van der Waals surface area contributed by atoms with Gasteiger partial charge in [-0.15, -0.1) is 0 Å². The van der Waals surface area contributed by atoms with E-state index in [-0.39, 0.29) is 5.78 Å². The number of hydrogen-bond donors (Lipinski definition) is 0. The molecule has 0 aliphatic rings. The highest BCUT2D eigenvalue weighted by atomic mass is 16.7. The maximum absolute atomic E-state index is 14.3. The van der Waals surface area contributed by atoms with Crippen molar-refractivity contribution >= 4 is 50.0 Å². The molecule has 0 aliphatic carbocycles. The Bertz CT molecular complexity index is 2110. The van der Waals surface area contributed by atoms with Gasteiger partial charge < -0.3 is 9.40 Å². The molecule has 0 N–H and O–H groups in total. The molecule has 0 fully saturated rings. The van der Waals surface area contributed by atoms with Gasteiger partial charge in [0, 0.05) is 57.4 Å². The largest absolute Gasteiger partial charge is 0.340 e. The van der Waals surface area contributed by atoms with Crippen molar-refractivity contribution in [3.63, 3.8) is 0 Å². The summed E-state index contributed by atoms with van der Waals surface area (Å²) in [6.45, 7) is 12.3. The molecule has 0 saturated heterocycles. The smallest absolute Gasteiger partial charge is 0.332 e. The van der Waals surface area contributed by atoms with E-state index in [1.54, 1.807) is 0 Å². The van der Waals surface area contributed by atoms with Crippen molar-refractivity contribution in [3.05, 3.63) is 129 Å². The van der Waals surface area contributed by atoms with Crippen LogP contribution in [0.2, 0.25) is 0 Å². The Hall–Kier alpha value is -5.03. The van der Waals surface area contributed by atoms with Crippen LogP contribution in [0.15, 0.2) is 90.1 Å². The zero-order chi connectivity index (χ0) is 30.4. The second-order valence-electron chi connectivity index (χ2n) is 11.3. The van der Waals surface area contributed by atoms with E-state index in [2.05, 4.69) is 60.0 Å². The van der Waals surface area contributed by atoms with Crippen LogP contribution in [0.3, 0.4) is 0 Å². The lowest BCUT2D eigenvalue weighted by atomic mass is 9.89. The van der Waals surface area contributed by atoms with Gasteiger partial charge in [-0.2, -0.15) is 0 Å². The molecule has 0 radical (unpaired) electrons. The number of benzene rings is 5. The molecule has 6 aromatic rings. The Morgan fingerprint density at radius 2 is 1.40 bits per heavy atom. The number of carbonyl (C=O) groups excluding carboxylic acids is 2. The molecule has 43 heavy (non-hydrogen) atoms. The first-order chi connectivity index (χ1) is 20.7. The van der Waals surface area contributed by atoms with Crippen LogP contribution in [0.25, 0.3) is 32.6 Å². The third-order valence-corrected chi connectivity index (χ3v) is 8.27. The van der Waals surface area contributed by atoms with Gasteiger partial charge >= 0.3 is 5.97 Å². The van der Waals surface area contributed by atoms with E-state index < -0.39 is 5.97 Å². The van der Waals surface area contributed by atoms with Crippen molar-refractivity contribution in [2.45, 2.75) is 48.1 Å². The van der Waals surface area contributed by atoms with Gasteiger partial charge in [-0.25, -0.2) is 4.79 Å². The molecule has 0 aliphatic heterocycles. The molecule has 5 nitrogen and oxygen atoms in total. The zero-order valence-corrected chi connectivity index (χ0v) is 25.4. The normalized spacial score (nSPS) is 11.9. The van der Waals surface area contributed by atoms with Crippen LogP contribution >= 0.6 is 0 Å². The predicted octanol–water partition coefficient (Wildman–Crippen LogP) is 8.75. The highest BCUT2D eigenvalue weighted by Crippen LogP contribution is 2.38. The first-order valence-electron chi connectivity index (χ1n) is 14.6. The zero-order valence-electron chi connectivity index (χ0n) is 25.4. The van der Waals surface area contributed by atoms with Crippen LogP contribution in [-0.4, -0.2) is 22.0 Å². The summed E-state index contributed by atoms with van der Waals surface area (Å²) in [7, 11) is 0. The Labute approximate surface area is 251 Å². The third kappa shape index (κ3) is 4.81. The van der Waals surface area contributed by atoms with Gasteiger partial charge in [0.15, 0.2) is 5.78 Å². The number of nitrogens with zero attached hydrogens (tertiary/aromatic N) is 2. The molecular formula is C38H34N2O3. The minimum absolute atomic E-state index is 0.0265. The monoisotopic (exact) mass is 566 g/mol. The fourth-order valence-electron chi connectivity index (χ4n) is 6.51. The van der Waals surface area contributed by atoms with E-state index in [0.29, 0.717) is 11.3 Å². The van der Waals surface area contributed by atoms with E-state index in [1.807, 2.05) is 69.3 Å². The molecule has 5 heteroatoms. The van der Waals surface area contributed by atoms with E-state index in [9.17, 15) is 9.59 Å². The number of hydrogen-bond acceptors (Lipinski definition) is 4. The van der Waals surface area contributed by atoms with Crippen molar-refractivity contribution in [2.75, 3.05) is 0 Å². The number of rotatable bonds is 6. The lowest BCUT2D eigenvalue weighted by Gasteiger charge is -2.14. The highest BCUT2D eigenvalue weighted by molar-refractivity contribution is 6.27. The molecule has 0 atom stereocenters. The number of aromatic nitrogens is 1. The lowest BCUT2D eigenvalue weighted by molar-refractivity contribution is -0.140. The van der Waals surface area contributed by atoms with Crippen molar-refractivity contribution in [2.24, 2.45) is 5.16 Å². The summed E-state index contributed by atoms with van der Waals surface area (Å²) in [5.41, 5.74) is 10.0. The summed E-state index contributed by atoms with van der Waals surface area (Å²) < 4.78 is 2.31. The summed E-state index contributed by atoms with van der Waals surface area (Å²) in [5.74, 6) is -0.454. The van der Waals surface area contributed by atoms with Gasteiger partial charge in [0.05, 0.1) is 5.52 Å². The van der Waals surface area contributed by atoms with Gasteiger partial charge in [0.1, 0.15) is 5.71 Å². The van der Waals surface area contributed by atoms with Gasteiger partial charge in [-0.1, -0.05) is 77.4 Å². The number of fused-ring (bicyclic) bond motifs is 5. The average molecular weight is 567 g/mol. The van der Waals surface area contributed by atoms with Gasteiger partial charge in [-0.05, 0) is 74.9 Å². The molecule has 0 bridgehead atoms. The summed E-state index contributed by atoms with van der Waals surface area (Å²) in [5, 5.41) is 8.29. The van der Waals surface area contributed by atoms with E-state index in [4.69, 9.17) is 4.84 Å². The molecule has 0 saturated carbocycles. The second-order valence-corrected chi connectivity index (χ2v) is 11.3. The molecule has 0 amide bonds. The minimum Gasteiger partial charge on any atom is -0.340 e. The number of oxime groups is 1. The summed E-state index contributed by atoms with van der Waals surface area (Å²) in [6, 6.07) is 28.5. The molecule has 1 aromatic heterocycles. The number of ketones is 1. The Morgan fingerprint density at radius 3 is 2.07 bits per heavy atom. The molecule has 6 rings (SSSR count). The Morgan fingerprint density at radius 1 is 0.721 bits per heavy atom. The first-order valence-corrected chi connectivity index (χ1v) is 14.6. The highest BCUT2D eigenvalue weighted by Gasteiger charge is 2.23. The van der Waals surface area contributed by atoms with Crippen LogP contribution in [0, 0.1) is 27.7 Å². The van der Waals surface area contributed by atoms with Crippen LogP contribution < -0.4 is 0 Å². The summed E-state index contributed by atoms with van der Waals surface area (Å²) in [6.07, 6.45) is 0. The topological polar surface area (TPSA) is 60.7 Å². The van der Waals surface area contributed by atoms with Crippen molar-refractivity contribution in [1.29, 1.82) is 0 Å². The van der Waals surface area contributed by atoms with Crippen molar-refractivity contribution in [3.8, 4) is 0 Å². The van der Waals surface area contributed by atoms with Gasteiger partial charge in [-0.3, -0.25) is 4.79 Å². The summed E-state index contributed by atoms with van der Waals surface area (Å²) in [4.78, 5) is 31.3. The van der Waals surface area contributed by atoms with Crippen LogP contribution in [0.5, 0.6) is 0 Å². The predicted molar refractivity (Wildman–Crippen MR) is 175 cm³/mol. The molecule has 1 heterocycles. The maximum Gasteiger partial charge on any atom is 0.332 e.